The van der Waals surface area contributed by atoms with Crippen LogP contribution in [0.1, 0.15) is 0 Å². The van der Waals surface area contributed by atoms with E-state index in [-0.39, 0.29) is 0 Å². The third kappa shape index (κ3) is 0.612. The maximum absolute atomic E-state index is 4.80. The molecule has 1 aliphatic rings. The van der Waals surface area contributed by atoms with E-state index in [0.29, 0.717) is 0 Å². The smallest absolute Gasteiger partial charge is 0.106 e. The summed E-state index contributed by atoms with van der Waals surface area (Å²) in [5.41, 5.74) is 0. The van der Waals surface area contributed by atoms with E-state index < -0.39 is 0 Å². The lowest BCUT2D eigenvalue weighted by atomic mass is 10.5. The van der Waals surface area contributed by atoms with Crippen molar-refractivity contribution in [3.05, 3.63) is 24.5 Å². The van der Waals surface area contributed by atoms with Crippen LogP contribution in [0, 0.1) is 0 Å². The Balaban J connectivity index is 2.46. The molecule has 1 nitrogen and oxygen atoms in total. The molecule has 0 aliphatic carbocycles. The maximum Gasteiger partial charge on any atom is 0.106 e. The maximum atomic E-state index is 4.80. The fourth-order valence-electron chi connectivity index (χ4n) is 0.346. The molecule has 0 fully saturated rings. The summed E-state index contributed by atoms with van der Waals surface area (Å²) in [6, 6.07) is 0. The number of rotatable bonds is 0. The third-order valence-electron chi connectivity index (χ3n) is 0.614. The molecule has 32 valence electrons. The molecule has 1 rings (SSSR count). The van der Waals surface area contributed by atoms with Crippen LogP contribution in [0.4, 0.5) is 0 Å². The Bertz CT molecular complexity index is 69.9. The monoisotopic (exact) mass is 82.0 g/mol. The summed E-state index contributed by atoms with van der Waals surface area (Å²) in [6.07, 6.45) is 7.47. The Morgan fingerprint density at radius 2 is 2.33 bits per heavy atom. The van der Waals surface area contributed by atoms with Gasteiger partial charge in [-0.15, -0.1) is 0 Å². The summed E-state index contributed by atoms with van der Waals surface area (Å²) in [4.78, 5) is 0. The van der Waals surface area contributed by atoms with Crippen LogP contribution in [-0.2, 0) is 4.74 Å². The second-order valence-corrected chi connectivity index (χ2v) is 1.09. The Labute approximate surface area is 36.9 Å². The first-order chi connectivity index (χ1) is 3.00. The summed E-state index contributed by atoms with van der Waals surface area (Å²) in [5.74, 6) is 0. The Kier molecular flexibility index (Phi) is 0.955. The van der Waals surface area contributed by atoms with Gasteiger partial charge in [0.15, 0.2) is 0 Å². The summed E-state index contributed by atoms with van der Waals surface area (Å²) in [5, 5.41) is 0. The zero-order valence-corrected chi connectivity index (χ0v) is 3.42. The Morgan fingerprint density at radius 1 is 1.33 bits per heavy atom. The SMILES string of the molecule is C1=CCOC=C1. The first-order valence-corrected chi connectivity index (χ1v) is 1.93. The summed E-state index contributed by atoms with van der Waals surface area (Å²) in [6.45, 7) is 0.733. The fraction of sp³-hybridized carbons (Fsp3) is 0.200. The molecule has 0 aromatic carbocycles. The van der Waals surface area contributed by atoms with Crippen molar-refractivity contribution in [3.63, 3.8) is 0 Å². The van der Waals surface area contributed by atoms with Crippen molar-refractivity contribution in [3.8, 4) is 0 Å². The van der Waals surface area contributed by atoms with Gasteiger partial charge in [0.1, 0.15) is 6.61 Å². The lowest BCUT2D eigenvalue weighted by Crippen LogP contribution is -1.82. The molecule has 0 saturated carbocycles. The largest absolute Gasteiger partial charge is 0.497 e. The van der Waals surface area contributed by atoms with Gasteiger partial charge in [-0.05, 0) is 12.2 Å². The first kappa shape index (κ1) is 3.47. The van der Waals surface area contributed by atoms with Crippen molar-refractivity contribution >= 4 is 0 Å². The third-order valence-corrected chi connectivity index (χ3v) is 0.614. The predicted molar refractivity (Wildman–Crippen MR) is 24.2 cm³/mol. The molecule has 0 atom stereocenters. The van der Waals surface area contributed by atoms with Crippen LogP contribution in [0.25, 0.3) is 0 Å². The van der Waals surface area contributed by atoms with Crippen molar-refractivity contribution in [2.24, 2.45) is 0 Å². The molecule has 0 N–H and O–H groups in total. The highest BCUT2D eigenvalue weighted by molar-refractivity contribution is 5.02. The standard InChI is InChI=1S/C5H6O/c1-2-4-6-5-3-1/h1-4H,5H2. The zero-order valence-electron chi connectivity index (χ0n) is 3.42. The van der Waals surface area contributed by atoms with Crippen molar-refractivity contribution < 1.29 is 4.74 Å². The summed E-state index contributed by atoms with van der Waals surface area (Å²) < 4.78 is 4.80. The molecule has 1 heterocycles. The van der Waals surface area contributed by atoms with Gasteiger partial charge in [0.25, 0.3) is 0 Å². The topological polar surface area (TPSA) is 9.23 Å². The Hall–Kier alpha value is -0.720. The van der Waals surface area contributed by atoms with Crippen LogP contribution in [0.3, 0.4) is 0 Å². The van der Waals surface area contributed by atoms with E-state index in [2.05, 4.69) is 0 Å². The van der Waals surface area contributed by atoms with E-state index in [0.717, 1.165) is 6.61 Å². The second-order valence-electron chi connectivity index (χ2n) is 1.09. The van der Waals surface area contributed by atoms with Gasteiger partial charge >= 0.3 is 0 Å². The average molecular weight is 82.1 g/mol. The van der Waals surface area contributed by atoms with Crippen LogP contribution in [-0.4, -0.2) is 6.61 Å². The molecule has 0 spiro atoms. The van der Waals surface area contributed by atoms with Crippen LogP contribution in [0.5, 0.6) is 0 Å². The predicted octanol–water partition coefficient (Wildman–Crippen LogP) is 1.09. The normalized spacial score (nSPS) is 17.3. The van der Waals surface area contributed by atoms with Crippen molar-refractivity contribution in [1.29, 1.82) is 0 Å². The van der Waals surface area contributed by atoms with Gasteiger partial charge in [0.05, 0.1) is 6.26 Å². The second kappa shape index (κ2) is 1.65. The average Bonchev–Trinajstić information content (AvgIpc) is 1.72. The van der Waals surface area contributed by atoms with Crippen LogP contribution >= 0.6 is 0 Å². The van der Waals surface area contributed by atoms with E-state index in [9.17, 15) is 0 Å². The van der Waals surface area contributed by atoms with Crippen molar-refractivity contribution in [1.82, 2.24) is 0 Å². The van der Waals surface area contributed by atoms with Gasteiger partial charge < -0.3 is 4.74 Å². The quantitative estimate of drug-likeness (QED) is 0.425. The molecule has 1 aliphatic heterocycles. The van der Waals surface area contributed by atoms with Gasteiger partial charge in [0.2, 0.25) is 0 Å². The molecule has 6 heavy (non-hydrogen) atoms. The van der Waals surface area contributed by atoms with Gasteiger partial charge in [-0.1, -0.05) is 6.08 Å². The number of allylic oxidation sites excluding steroid dienone is 2. The molecular weight excluding hydrogens is 76.1 g/mol. The minimum atomic E-state index is 0.733. The van der Waals surface area contributed by atoms with E-state index >= 15 is 0 Å². The van der Waals surface area contributed by atoms with E-state index in [1.54, 1.807) is 6.26 Å². The molecule has 0 bridgehead atoms. The van der Waals surface area contributed by atoms with Crippen LogP contribution in [0.15, 0.2) is 24.5 Å². The highest BCUT2D eigenvalue weighted by Gasteiger charge is 1.75. The molecular formula is C5H6O. The van der Waals surface area contributed by atoms with Gasteiger partial charge in [-0.2, -0.15) is 0 Å². The number of ether oxygens (including phenoxy) is 1. The van der Waals surface area contributed by atoms with Crippen molar-refractivity contribution in [2.45, 2.75) is 0 Å². The lowest BCUT2D eigenvalue weighted by Gasteiger charge is -1.94. The summed E-state index contributed by atoms with van der Waals surface area (Å²) in [7, 11) is 0. The van der Waals surface area contributed by atoms with Gasteiger partial charge in [0, 0.05) is 0 Å². The molecule has 0 saturated heterocycles. The highest BCUT2D eigenvalue weighted by Crippen LogP contribution is 1.87. The molecule has 0 aromatic rings. The molecule has 1 heteroatoms. The zero-order chi connectivity index (χ0) is 4.24. The van der Waals surface area contributed by atoms with Crippen LogP contribution < -0.4 is 0 Å². The molecule has 0 amide bonds. The van der Waals surface area contributed by atoms with E-state index in [1.165, 1.54) is 0 Å². The van der Waals surface area contributed by atoms with Gasteiger partial charge in [-0.25, -0.2) is 0 Å². The Morgan fingerprint density at radius 3 is 2.50 bits per heavy atom. The highest BCUT2D eigenvalue weighted by atomic mass is 16.5. The minimum absolute atomic E-state index is 0.733. The number of hydrogen-bond acceptors (Lipinski definition) is 1. The van der Waals surface area contributed by atoms with Crippen molar-refractivity contribution in [2.75, 3.05) is 6.61 Å². The lowest BCUT2D eigenvalue weighted by molar-refractivity contribution is 0.286. The van der Waals surface area contributed by atoms with E-state index in [1.807, 2.05) is 18.2 Å². The number of hydrogen-bond donors (Lipinski definition) is 0. The fourth-order valence-corrected chi connectivity index (χ4v) is 0.346. The summed E-state index contributed by atoms with van der Waals surface area (Å²) >= 11 is 0. The molecule has 0 unspecified atom stereocenters. The minimum Gasteiger partial charge on any atom is -0.497 e. The van der Waals surface area contributed by atoms with E-state index in [4.69, 9.17) is 4.74 Å². The first-order valence-electron chi connectivity index (χ1n) is 1.93. The van der Waals surface area contributed by atoms with Gasteiger partial charge in [-0.3, -0.25) is 0 Å². The molecule has 0 radical (unpaired) electrons. The van der Waals surface area contributed by atoms with Crippen LogP contribution in [0.2, 0.25) is 0 Å². The molecule has 0 aromatic heterocycles.